The molecule has 59 heavy (non-hydrogen) atoms. The van der Waals surface area contributed by atoms with Crippen LogP contribution in [0.25, 0.3) is 12.2 Å². The second-order valence-electron chi connectivity index (χ2n) is 12.1. The third-order valence-corrected chi connectivity index (χ3v) is 12.7. The molecule has 306 valence electrons. The smallest absolute Gasteiger partial charge is 0.263 e. The van der Waals surface area contributed by atoms with Gasteiger partial charge in [0, 0.05) is 46.7 Å². The Morgan fingerprint density at radius 2 is 1.14 bits per heavy atom. The molecule has 19 heteroatoms. The van der Waals surface area contributed by atoms with Crippen LogP contribution in [0.4, 0.5) is 21.6 Å². The zero-order valence-corrected chi connectivity index (χ0v) is 35.8. The van der Waals surface area contributed by atoms with Crippen LogP contribution in [0, 0.1) is 13.8 Å². The maximum Gasteiger partial charge on any atom is 0.263 e. The maximum absolute atomic E-state index is 12.3. The van der Waals surface area contributed by atoms with Crippen LogP contribution < -0.4 is 29.6 Å². The normalized spacial score (nSPS) is 11.4. The minimum Gasteiger partial charge on any atom is -0.493 e. The Kier molecular flexibility index (Phi) is 15.0. The number of aromatic nitrogens is 2. The molecule has 0 aliphatic rings. The van der Waals surface area contributed by atoms with E-state index in [2.05, 4.69) is 36.1 Å². The lowest BCUT2D eigenvalue weighted by Crippen LogP contribution is -2.13. The van der Waals surface area contributed by atoms with Crippen molar-refractivity contribution in [1.82, 2.24) is 9.97 Å². The molecule has 14 nitrogen and oxygen atoms in total. The molecule has 0 aliphatic heterocycles. The molecule has 2 amide bonds. The van der Waals surface area contributed by atoms with Crippen molar-refractivity contribution < 1.29 is 35.9 Å². The number of anilines is 4. The molecule has 0 unspecified atom stereocenters. The summed E-state index contributed by atoms with van der Waals surface area (Å²) in [6, 6.07) is 21.1. The number of nitrogens with one attached hydrogen (secondary N) is 4. The summed E-state index contributed by atoms with van der Waals surface area (Å²) in [5, 5.41) is 9.61. The molecular formula is C40H37ClN6O8S4. The SMILES string of the molecule is COc1ccc(/C=C/C(=O)Nc2ccc(S(=O)(=O)Nc3nccs3)cc2)c(Cl)c1OC.Cc1ccc(/C=C/C(=O)Nc2ccc(S(=O)(=O)Nc3nccs3)cc2)c(C)c1. The number of halogens is 1. The van der Waals surface area contributed by atoms with Crippen LogP contribution in [-0.2, 0) is 29.6 Å². The van der Waals surface area contributed by atoms with Gasteiger partial charge in [0.25, 0.3) is 20.0 Å². The van der Waals surface area contributed by atoms with Gasteiger partial charge in [-0.2, -0.15) is 0 Å². The van der Waals surface area contributed by atoms with Crippen LogP contribution in [0.15, 0.2) is 124 Å². The average Bonchev–Trinajstić information content (AvgIpc) is 3.92. The molecular weight excluding hydrogens is 856 g/mol. The number of carbonyl (C=O) groups excluding carboxylic acids is 2. The van der Waals surface area contributed by atoms with E-state index in [0.29, 0.717) is 38.6 Å². The number of nitrogens with zero attached hydrogens (tertiary/aromatic N) is 2. The van der Waals surface area contributed by atoms with E-state index >= 15 is 0 Å². The summed E-state index contributed by atoms with van der Waals surface area (Å²) in [6.45, 7) is 4.01. The van der Waals surface area contributed by atoms with Crippen molar-refractivity contribution in [3.05, 3.63) is 141 Å². The third kappa shape index (κ3) is 12.5. The second-order valence-corrected chi connectivity index (χ2v) is 17.7. The zero-order valence-electron chi connectivity index (χ0n) is 31.8. The van der Waals surface area contributed by atoms with Crippen molar-refractivity contribution in [2.45, 2.75) is 23.6 Å². The number of carbonyl (C=O) groups is 2. The van der Waals surface area contributed by atoms with Gasteiger partial charge >= 0.3 is 0 Å². The van der Waals surface area contributed by atoms with Gasteiger partial charge in [0.05, 0.1) is 29.0 Å². The van der Waals surface area contributed by atoms with E-state index in [0.717, 1.165) is 11.1 Å². The molecule has 6 rings (SSSR count). The summed E-state index contributed by atoms with van der Waals surface area (Å²) < 4.78 is 64.5. The Morgan fingerprint density at radius 1 is 0.661 bits per heavy atom. The highest BCUT2D eigenvalue weighted by Gasteiger charge is 2.17. The number of sulfonamides is 2. The van der Waals surface area contributed by atoms with Gasteiger partial charge in [-0.1, -0.05) is 35.4 Å². The van der Waals surface area contributed by atoms with E-state index < -0.39 is 26.0 Å². The first-order chi connectivity index (χ1) is 28.2. The molecule has 2 heterocycles. The zero-order chi connectivity index (χ0) is 42.6. The third-order valence-electron chi connectivity index (χ3n) is 7.94. The van der Waals surface area contributed by atoms with E-state index in [-0.39, 0.29) is 20.8 Å². The highest BCUT2D eigenvalue weighted by molar-refractivity contribution is 7.93. The van der Waals surface area contributed by atoms with E-state index in [1.165, 1.54) is 109 Å². The Bertz CT molecular complexity index is 2670. The summed E-state index contributed by atoms with van der Waals surface area (Å²) in [5.74, 6) is 0.141. The number of hydrogen-bond acceptors (Lipinski definition) is 12. The molecule has 0 fully saturated rings. The molecule has 4 aromatic carbocycles. The van der Waals surface area contributed by atoms with Crippen molar-refractivity contribution in [2.24, 2.45) is 0 Å². The minimum atomic E-state index is -3.76. The Hall–Kier alpha value is -6.05. The first-order valence-corrected chi connectivity index (χ1v) is 22.3. The number of benzene rings is 4. The highest BCUT2D eigenvalue weighted by atomic mass is 35.5. The topological polar surface area (TPSA) is 195 Å². The predicted octanol–water partition coefficient (Wildman–Crippen LogP) is 8.48. The van der Waals surface area contributed by atoms with Crippen molar-refractivity contribution in [1.29, 1.82) is 0 Å². The average molecular weight is 893 g/mol. The Labute approximate surface area is 354 Å². The number of methoxy groups -OCH3 is 2. The van der Waals surface area contributed by atoms with Gasteiger partial charge in [0.1, 0.15) is 0 Å². The van der Waals surface area contributed by atoms with Crippen LogP contribution in [0.3, 0.4) is 0 Å². The fourth-order valence-electron chi connectivity index (χ4n) is 5.07. The second kappa shape index (κ2) is 20.1. The monoisotopic (exact) mass is 892 g/mol. The molecule has 6 aromatic rings. The first kappa shape index (κ1) is 44.1. The van der Waals surface area contributed by atoms with Gasteiger partial charge < -0.3 is 20.1 Å². The van der Waals surface area contributed by atoms with Crippen LogP contribution in [0.2, 0.25) is 5.02 Å². The van der Waals surface area contributed by atoms with Crippen molar-refractivity contribution >= 4 is 99.9 Å². The highest BCUT2D eigenvalue weighted by Crippen LogP contribution is 2.37. The molecule has 4 N–H and O–H groups in total. The van der Waals surface area contributed by atoms with E-state index in [4.69, 9.17) is 21.1 Å². The summed E-state index contributed by atoms with van der Waals surface area (Å²) in [6.07, 6.45) is 9.07. The van der Waals surface area contributed by atoms with Gasteiger partial charge in [-0.15, -0.1) is 22.7 Å². The van der Waals surface area contributed by atoms with Crippen molar-refractivity contribution in [3.8, 4) is 11.5 Å². The lowest BCUT2D eigenvalue weighted by atomic mass is 10.1. The largest absolute Gasteiger partial charge is 0.493 e. The molecule has 0 saturated carbocycles. The van der Waals surface area contributed by atoms with E-state index in [9.17, 15) is 26.4 Å². The van der Waals surface area contributed by atoms with Crippen molar-refractivity contribution in [3.63, 3.8) is 0 Å². The lowest BCUT2D eigenvalue weighted by molar-refractivity contribution is -0.112. The summed E-state index contributed by atoms with van der Waals surface area (Å²) in [5.41, 5.74) is 4.73. The van der Waals surface area contributed by atoms with Crippen LogP contribution >= 0.6 is 34.3 Å². The lowest BCUT2D eigenvalue weighted by Gasteiger charge is -2.10. The molecule has 0 bridgehead atoms. The molecule has 0 radical (unpaired) electrons. The number of thiazole rings is 2. The fourth-order valence-corrected chi connectivity index (χ4v) is 8.95. The number of amides is 2. The van der Waals surface area contributed by atoms with Gasteiger partial charge in [0.2, 0.25) is 11.8 Å². The van der Waals surface area contributed by atoms with Gasteiger partial charge in [-0.3, -0.25) is 19.0 Å². The van der Waals surface area contributed by atoms with Gasteiger partial charge in [0.15, 0.2) is 21.8 Å². The van der Waals surface area contributed by atoms with Crippen LogP contribution in [0.1, 0.15) is 22.3 Å². The van der Waals surface area contributed by atoms with E-state index in [1.54, 1.807) is 41.1 Å². The number of hydrogen-bond donors (Lipinski definition) is 4. The van der Waals surface area contributed by atoms with Crippen LogP contribution in [0.5, 0.6) is 11.5 Å². The van der Waals surface area contributed by atoms with Gasteiger partial charge in [-0.05, 0) is 103 Å². The van der Waals surface area contributed by atoms with Crippen LogP contribution in [-0.4, -0.2) is 52.8 Å². The minimum absolute atomic E-state index is 0.0494. The van der Waals surface area contributed by atoms with Gasteiger partial charge in [-0.25, -0.2) is 26.8 Å². The standard InChI is InChI=1S/C20H18ClN3O5S2.C20H19N3O3S2/c1-28-16-9-3-13(18(21)19(16)29-2)4-10-17(25)23-14-5-7-15(8-6-14)31(26,27)24-20-22-11-12-30-20;1-14-3-4-16(15(2)13-14)5-10-19(24)22-17-6-8-18(9-7-17)28(25,26)23-20-21-11-12-27-20/h3-12H,1-2H3,(H,22,24)(H,23,25);3-13H,1-2H3,(H,21,23)(H,22,24)/b10-4+;10-5+. The Morgan fingerprint density at radius 3 is 1.56 bits per heavy atom. The molecule has 0 saturated heterocycles. The molecule has 2 aromatic heterocycles. The fraction of sp³-hybridized carbons (Fsp3) is 0.100. The maximum atomic E-state index is 12.3. The number of rotatable bonds is 14. The molecule has 0 atom stereocenters. The number of aryl methyl sites for hydroxylation is 2. The molecule has 0 spiro atoms. The van der Waals surface area contributed by atoms with E-state index in [1.807, 2.05) is 26.0 Å². The van der Waals surface area contributed by atoms with Crippen molar-refractivity contribution in [2.75, 3.05) is 34.3 Å². The number of ether oxygens (including phenoxy) is 2. The Balaban J connectivity index is 0.000000225. The predicted molar refractivity (Wildman–Crippen MR) is 235 cm³/mol. The first-order valence-electron chi connectivity index (χ1n) is 17.2. The quantitative estimate of drug-likeness (QED) is 0.0771. The summed E-state index contributed by atoms with van der Waals surface area (Å²) in [4.78, 5) is 32.3. The summed E-state index contributed by atoms with van der Waals surface area (Å²) >= 11 is 8.66. The molecule has 0 aliphatic carbocycles. The summed E-state index contributed by atoms with van der Waals surface area (Å²) in [7, 11) is -4.49.